The van der Waals surface area contributed by atoms with Gasteiger partial charge in [-0.05, 0) is 41.7 Å². The number of fused-ring (bicyclic) bond motifs is 1. The highest BCUT2D eigenvalue weighted by Gasteiger charge is 2.29. The van der Waals surface area contributed by atoms with E-state index in [0.29, 0.717) is 12.2 Å². The van der Waals surface area contributed by atoms with Crippen LogP contribution in [0.2, 0.25) is 0 Å². The quantitative estimate of drug-likeness (QED) is 0.804. The van der Waals surface area contributed by atoms with Crippen molar-refractivity contribution in [2.75, 3.05) is 7.11 Å². The molecule has 0 fully saturated rings. The topological polar surface area (TPSA) is 78.8 Å². The molecule has 5 nitrogen and oxygen atoms in total. The first-order chi connectivity index (χ1) is 11.6. The SMILES string of the molecule is COc1cc(CC(=O)N[C@H]2c3ccccc3CC[C@H]2O)ccc1O. The third-order valence-electron chi connectivity index (χ3n) is 4.41. The Kier molecular flexibility index (Phi) is 4.71. The number of ether oxygens (including phenoxy) is 1. The summed E-state index contributed by atoms with van der Waals surface area (Å²) in [6.45, 7) is 0. The standard InChI is InChI=1S/C19H21NO4/c1-24-17-10-12(6-8-15(17)21)11-18(23)20-19-14-5-3-2-4-13(14)7-9-16(19)22/h2-6,8,10,16,19,21-22H,7,9,11H2,1H3,(H,20,23)/t16-,19+/m1/s1. The monoisotopic (exact) mass is 327 g/mol. The summed E-state index contributed by atoms with van der Waals surface area (Å²) in [6, 6.07) is 12.3. The molecule has 0 radical (unpaired) electrons. The largest absolute Gasteiger partial charge is 0.504 e. The molecule has 5 heteroatoms. The number of hydrogen-bond acceptors (Lipinski definition) is 4. The van der Waals surface area contributed by atoms with Gasteiger partial charge in [-0.15, -0.1) is 0 Å². The molecule has 2 aromatic rings. The molecular formula is C19H21NO4. The number of amides is 1. The van der Waals surface area contributed by atoms with E-state index in [1.165, 1.54) is 18.7 Å². The Morgan fingerprint density at radius 1 is 1.29 bits per heavy atom. The van der Waals surface area contributed by atoms with Gasteiger partial charge >= 0.3 is 0 Å². The Hall–Kier alpha value is -2.53. The normalized spacial score (nSPS) is 19.4. The Bertz CT molecular complexity index is 744. The molecule has 2 atom stereocenters. The lowest BCUT2D eigenvalue weighted by atomic mass is 9.85. The molecule has 1 amide bonds. The number of benzene rings is 2. The van der Waals surface area contributed by atoms with Gasteiger partial charge in [-0.25, -0.2) is 0 Å². The molecule has 0 heterocycles. The molecule has 0 spiro atoms. The van der Waals surface area contributed by atoms with Crippen LogP contribution in [0.4, 0.5) is 0 Å². The van der Waals surface area contributed by atoms with E-state index in [2.05, 4.69) is 5.32 Å². The second kappa shape index (κ2) is 6.93. The highest BCUT2D eigenvalue weighted by molar-refractivity contribution is 5.79. The molecule has 3 N–H and O–H groups in total. The Balaban J connectivity index is 1.73. The van der Waals surface area contributed by atoms with Crippen LogP contribution >= 0.6 is 0 Å². The lowest BCUT2D eigenvalue weighted by molar-refractivity contribution is -0.122. The lowest BCUT2D eigenvalue weighted by Crippen LogP contribution is -2.39. The average molecular weight is 327 g/mol. The second-order valence-electron chi connectivity index (χ2n) is 6.03. The van der Waals surface area contributed by atoms with Crippen LogP contribution in [0, 0.1) is 0 Å². The van der Waals surface area contributed by atoms with Crippen molar-refractivity contribution in [2.24, 2.45) is 0 Å². The molecule has 24 heavy (non-hydrogen) atoms. The molecule has 1 aliphatic rings. The zero-order valence-electron chi connectivity index (χ0n) is 13.5. The first-order valence-electron chi connectivity index (χ1n) is 7.99. The molecule has 0 saturated heterocycles. The molecule has 2 aromatic carbocycles. The Morgan fingerprint density at radius 2 is 2.08 bits per heavy atom. The summed E-state index contributed by atoms with van der Waals surface area (Å²) in [5, 5.41) is 22.8. The maximum absolute atomic E-state index is 12.4. The average Bonchev–Trinajstić information content (AvgIpc) is 2.59. The van der Waals surface area contributed by atoms with Gasteiger partial charge in [0.1, 0.15) is 0 Å². The van der Waals surface area contributed by atoms with Crippen molar-refractivity contribution in [2.45, 2.75) is 31.4 Å². The summed E-state index contributed by atoms with van der Waals surface area (Å²) >= 11 is 0. The van der Waals surface area contributed by atoms with Crippen molar-refractivity contribution >= 4 is 5.91 Å². The van der Waals surface area contributed by atoms with Crippen molar-refractivity contribution in [3.63, 3.8) is 0 Å². The van der Waals surface area contributed by atoms with Crippen LogP contribution in [0.25, 0.3) is 0 Å². The van der Waals surface area contributed by atoms with E-state index in [1.807, 2.05) is 24.3 Å². The molecule has 126 valence electrons. The number of hydrogen-bond donors (Lipinski definition) is 3. The van der Waals surface area contributed by atoms with Gasteiger partial charge in [0.15, 0.2) is 11.5 Å². The van der Waals surface area contributed by atoms with E-state index >= 15 is 0 Å². The summed E-state index contributed by atoms with van der Waals surface area (Å²) in [5.74, 6) is 0.199. The van der Waals surface area contributed by atoms with Crippen molar-refractivity contribution in [3.05, 3.63) is 59.2 Å². The van der Waals surface area contributed by atoms with Crippen LogP contribution in [-0.4, -0.2) is 29.3 Å². The van der Waals surface area contributed by atoms with E-state index in [1.54, 1.807) is 12.1 Å². The molecule has 0 unspecified atom stereocenters. The number of aryl methyl sites for hydroxylation is 1. The number of rotatable bonds is 4. The van der Waals surface area contributed by atoms with Gasteiger partial charge in [0.2, 0.25) is 5.91 Å². The van der Waals surface area contributed by atoms with Crippen molar-refractivity contribution in [1.82, 2.24) is 5.32 Å². The maximum atomic E-state index is 12.4. The fourth-order valence-corrected chi connectivity index (χ4v) is 3.16. The van der Waals surface area contributed by atoms with Gasteiger partial charge in [0.05, 0.1) is 25.7 Å². The van der Waals surface area contributed by atoms with Gasteiger partial charge in [-0.2, -0.15) is 0 Å². The molecule has 1 aliphatic carbocycles. The fraction of sp³-hybridized carbons (Fsp3) is 0.316. The maximum Gasteiger partial charge on any atom is 0.224 e. The first kappa shape index (κ1) is 16.3. The zero-order valence-corrected chi connectivity index (χ0v) is 13.5. The first-order valence-corrected chi connectivity index (χ1v) is 7.99. The number of methoxy groups -OCH3 is 1. The van der Waals surface area contributed by atoms with E-state index < -0.39 is 6.10 Å². The molecule has 0 saturated carbocycles. The Labute approximate surface area is 140 Å². The number of carbonyl (C=O) groups is 1. The van der Waals surface area contributed by atoms with Crippen LogP contribution < -0.4 is 10.1 Å². The molecule has 3 rings (SSSR count). The minimum atomic E-state index is -0.585. The van der Waals surface area contributed by atoms with Crippen LogP contribution in [0.15, 0.2) is 42.5 Å². The molecule has 0 aliphatic heterocycles. The van der Waals surface area contributed by atoms with Crippen molar-refractivity contribution in [3.8, 4) is 11.5 Å². The third kappa shape index (κ3) is 3.36. The van der Waals surface area contributed by atoms with Crippen molar-refractivity contribution < 1.29 is 19.7 Å². The summed E-state index contributed by atoms with van der Waals surface area (Å²) in [4.78, 5) is 12.4. The summed E-state index contributed by atoms with van der Waals surface area (Å²) in [7, 11) is 1.47. The number of aromatic hydroxyl groups is 1. The smallest absolute Gasteiger partial charge is 0.224 e. The summed E-state index contributed by atoms with van der Waals surface area (Å²) < 4.78 is 5.06. The summed E-state index contributed by atoms with van der Waals surface area (Å²) in [6.07, 6.45) is 1.02. The molecular weight excluding hydrogens is 306 g/mol. The van der Waals surface area contributed by atoms with Crippen LogP contribution in [0.3, 0.4) is 0 Å². The van der Waals surface area contributed by atoms with Crippen LogP contribution in [-0.2, 0) is 17.6 Å². The van der Waals surface area contributed by atoms with E-state index in [0.717, 1.165) is 17.5 Å². The van der Waals surface area contributed by atoms with E-state index in [9.17, 15) is 15.0 Å². The van der Waals surface area contributed by atoms with Gasteiger partial charge in [0.25, 0.3) is 0 Å². The molecule has 0 bridgehead atoms. The Morgan fingerprint density at radius 3 is 2.88 bits per heavy atom. The summed E-state index contributed by atoms with van der Waals surface area (Å²) in [5.41, 5.74) is 2.88. The fourth-order valence-electron chi connectivity index (χ4n) is 3.16. The third-order valence-corrected chi connectivity index (χ3v) is 4.41. The number of phenols is 1. The lowest BCUT2D eigenvalue weighted by Gasteiger charge is -2.31. The number of phenolic OH excluding ortho intramolecular Hbond substituents is 1. The van der Waals surface area contributed by atoms with Gasteiger partial charge in [-0.3, -0.25) is 4.79 Å². The predicted octanol–water partition coefficient (Wildman–Crippen LogP) is 2.11. The highest BCUT2D eigenvalue weighted by Crippen LogP contribution is 2.30. The number of nitrogens with one attached hydrogen (secondary N) is 1. The number of aliphatic hydroxyl groups excluding tert-OH is 1. The van der Waals surface area contributed by atoms with Gasteiger partial charge in [0, 0.05) is 0 Å². The number of carbonyl (C=O) groups excluding carboxylic acids is 1. The van der Waals surface area contributed by atoms with Crippen LogP contribution in [0.5, 0.6) is 11.5 Å². The molecule has 0 aromatic heterocycles. The van der Waals surface area contributed by atoms with Gasteiger partial charge in [-0.1, -0.05) is 30.3 Å². The van der Waals surface area contributed by atoms with Gasteiger partial charge < -0.3 is 20.3 Å². The van der Waals surface area contributed by atoms with Crippen LogP contribution in [0.1, 0.15) is 29.2 Å². The van der Waals surface area contributed by atoms with Crippen molar-refractivity contribution in [1.29, 1.82) is 0 Å². The zero-order chi connectivity index (χ0) is 17.1. The van der Waals surface area contributed by atoms with E-state index in [4.69, 9.17) is 4.74 Å². The highest BCUT2D eigenvalue weighted by atomic mass is 16.5. The minimum Gasteiger partial charge on any atom is -0.504 e. The van der Waals surface area contributed by atoms with E-state index in [-0.39, 0.29) is 24.1 Å². The predicted molar refractivity (Wildman–Crippen MR) is 90.0 cm³/mol. The number of aliphatic hydroxyl groups is 1. The second-order valence-corrected chi connectivity index (χ2v) is 6.03. The minimum absolute atomic E-state index is 0.0401.